The summed E-state index contributed by atoms with van der Waals surface area (Å²) in [6.45, 7) is 1.97. The highest BCUT2D eigenvalue weighted by atomic mass is 35.5. The van der Waals surface area contributed by atoms with Crippen molar-refractivity contribution in [3.05, 3.63) is 87.8 Å². The van der Waals surface area contributed by atoms with Gasteiger partial charge in [0.15, 0.2) is 11.5 Å². The van der Waals surface area contributed by atoms with E-state index in [1.165, 1.54) is 31.4 Å². The van der Waals surface area contributed by atoms with Crippen LogP contribution < -0.4 is 13.7 Å². The Balaban J connectivity index is 1.54. The molecule has 3 aromatic rings. The van der Waals surface area contributed by atoms with Gasteiger partial charge in [0.2, 0.25) is 0 Å². The average molecular weight is 560 g/mol. The van der Waals surface area contributed by atoms with Gasteiger partial charge < -0.3 is 13.7 Å². The van der Waals surface area contributed by atoms with Crippen LogP contribution in [-0.4, -0.2) is 44.7 Å². The van der Waals surface area contributed by atoms with Gasteiger partial charge >= 0.3 is 10.1 Å². The van der Waals surface area contributed by atoms with Crippen molar-refractivity contribution in [2.75, 3.05) is 20.3 Å². The number of carbonyl (C=O) groups is 2. The molecule has 1 aliphatic heterocycles. The summed E-state index contributed by atoms with van der Waals surface area (Å²) in [7, 11) is -2.82. The summed E-state index contributed by atoms with van der Waals surface area (Å²) in [6, 6.07) is 17.7. The standard InChI is InChI=1S/C26H22ClNO7S2/c1-17-6-12-21(13-7-17)37(31,32)35-24-18(4-3-5-22(24)33-2)16-23-25(29)28(26(30)36-23)14-15-34-20-10-8-19(27)9-11-20/h3-13,16H,14-15H2,1-2H3/b23-16-. The second-order valence-electron chi connectivity index (χ2n) is 7.86. The van der Waals surface area contributed by atoms with E-state index in [0.717, 1.165) is 22.2 Å². The van der Waals surface area contributed by atoms with Gasteiger partial charge in [-0.05, 0) is 67.2 Å². The molecule has 0 bridgehead atoms. The van der Waals surface area contributed by atoms with Crippen LogP contribution in [0.5, 0.6) is 17.2 Å². The molecule has 11 heteroatoms. The minimum absolute atomic E-state index is 0.0315. The van der Waals surface area contributed by atoms with E-state index >= 15 is 0 Å². The lowest BCUT2D eigenvalue weighted by atomic mass is 10.1. The zero-order valence-electron chi connectivity index (χ0n) is 19.8. The van der Waals surface area contributed by atoms with Gasteiger partial charge in [0.25, 0.3) is 11.1 Å². The summed E-state index contributed by atoms with van der Waals surface area (Å²) in [5.74, 6) is 0.0909. The van der Waals surface area contributed by atoms with E-state index in [9.17, 15) is 18.0 Å². The van der Waals surface area contributed by atoms with E-state index in [0.29, 0.717) is 10.8 Å². The number of amides is 2. The quantitative estimate of drug-likeness (QED) is 0.249. The molecule has 4 rings (SSSR count). The molecule has 0 aromatic heterocycles. The molecule has 0 spiro atoms. The number of hydrogen-bond donors (Lipinski definition) is 0. The monoisotopic (exact) mass is 559 g/mol. The summed E-state index contributed by atoms with van der Waals surface area (Å²) in [5, 5.41) is 0.101. The van der Waals surface area contributed by atoms with E-state index in [1.807, 2.05) is 6.92 Å². The van der Waals surface area contributed by atoms with Crippen molar-refractivity contribution < 1.29 is 31.7 Å². The molecule has 0 saturated carbocycles. The molecular formula is C26H22ClNO7S2. The molecule has 1 aliphatic rings. The molecule has 0 unspecified atom stereocenters. The molecule has 1 saturated heterocycles. The first-order valence-electron chi connectivity index (χ1n) is 11.0. The number of rotatable bonds is 9. The van der Waals surface area contributed by atoms with Gasteiger partial charge in [-0.2, -0.15) is 8.42 Å². The lowest BCUT2D eigenvalue weighted by Crippen LogP contribution is -2.32. The topological polar surface area (TPSA) is 99.2 Å². The van der Waals surface area contributed by atoms with Crippen molar-refractivity contribution >= 4 is 50.7 Å². The molecule has 3 aromatic carbocycles. The molecule has 1 heterocycles. The number of ether oxygens (including phenoxy) is 2. The maximum atomic E-state index is 13.0. The summed E-state index contributed by atoms with van der Waals surface area (Å²) in [5.41, 5.74) is 1.16. The molecule has 8 nitrogen and oxygen atoms in total. The Morgan fingerprint density at radius 2 is 1.70 bits per heavy atom. The van der Waals surface area contributed by atoms with Crippen molar-refractivity contribution in [2.45, 2.75) is 11.8 Å². The number of carbonyl (C=O) groups excluding carboxylic acids is 2. The minimum Gasteiger partial charge on any atom is -0.493 e. The highest BCUT2D eigenvalue weighted by Gasteiger charge is 2.35. The molecule has 0 atom stereocenters. The van der Waals surface area contributed by atoms with Gasteiger partial charge in [-0.15, -0.1) is 0 Å². The van der Waals surface area contributed by atoms with Gasteiger partial charge in [-0.25, -0.2) is 0 Å². The first-order valence-corrected chi connectivity index (χ1v) is 13.6. The number of hydrogen-bond acceptors (Lipinski definition) is 8. The van der Waals surface area contributed by atoms with Crippen LogP contribution in [0.25, 0.3) is 6.08 Å². The molecule has 192 valence electrons. The fourth-order valence-corrected chi connectivity index (χ4v) is 5.32. The third-order valence-electron chi connectivity index (χ3n) is 5.29. The van der Waals surface area contributed by atoms with E-state index in [-0.39, 0.29) is 40.0 Å². The summed E-state index contributed by atoms with van der Waals surface area (Å²) in [6.07, 6.45) is 1.41. The average Bonchev–Trinajstić information content (AvgIpc) is 3.13. The van der Waals surface area contributed by atoms with E-state index in [1.54, 1.807) is 48.5 Å². The third kappa shape index (κ3) is 6.27. The molecule has 0 aliphatic carbocycles. The predicted molar refractivity (Wildman–Crippen MR) is 142 cm³/mol. The number of benzene rings is 3. The number of imide groups is 1. The zero-order chi connectivity index (χ0) is 26.6. The van der Waals surface area contributed by atoms with Gasteiger partial charge in [0, 0.05) is 10.6 Å². The lowest BCUT2D eigenvalue weighted by molar-refractivity contribution is -0.123. The summed E-state index contributed by atoms with van der Waals surface area (Å²) >= 11 is 6.60. The maximum Gasteiger partial charge on any atom is 0.339 e. The van der Waals surface area contributed by atoms with Gasteiger partial charge in [-0.1, -0.05) is 41.4 Å². The van der Waals surface area contributed by atoms with E-state index < -0.39 is 21.3 Å². The fourth-order valence-electron chi connectivity index (χ4n) is 3.38. The first kappa shape index (κ1) is 26.6. The molecular weight excluding hydrogens is 538 g/mol. The Labute approximate surface area is 223 Å². The third-order valence-corrected chi connectivity index (χ3v) is 7.68. The fraction of sp³-hybridized carbons (Fsp3) is 0.154. The number of halogens is 1. The van der Waals surface area contributed by atoms with Crippen LogP contribution >= 0.6 is 23.4 Å². The highest BCUT2D eigenvalue weighted by molar-refractivity contribution is 8.18. The second kappa shape index (κ2) is 11.3. The maximum absolute atomic E-state index is 13.0. The van der Waals surface area contributed by atoms with Crippen LogP contribution in [0.3, 0.4) is 0 Å². The molecule has 0 N–H and O–H groups in total. The van der Waals surface area contributed by atoms with Crippen LogP contribution in [-0.2, 0) is 14.9 Å². The Bertz CT molecular complexity index is 1450. The number of thioether (sulfide) groups is 1. The largest absolute Gasteiger partial charge is 0.493 e. The SMILES string of the molecule is COc1cccc(/C=C2\SC(=O)N(CCOc3ccc(Cl)cc3)C2=O)c1OS(=O)(=O)c1ccc(C)cc1. The van der Waals surface area contributed by atoms with Crippen LogP contribution in [0.2, 0.25) is 5.02 Å². The van der Waals surface area contributed by atoms with Gasteiger partial charge in [0.1, 0.15) is 17.3 Å². The van der Waals surface area contributed by atoms with Crippen molar-refractivity contribution in [1.82, 2.24) is 4.90 Å². The zero-order valence-corrected chi connectivity index (χ0v) is 22.2. The molecule has 2 amide bonds. The van der Waals surface area contributed by atoms with Gasteiger partial charge in [-0.3, -0.25) is 14.5 Å². The Morgan fingerprint density at radius 3 is 2.38 bits per heavy atom. The first-order chi connectivity index (χ1) is 17.7. The second-order valence-corrected chi connectivity index (χ2v) is 10.8. The predicted octanol–water partition coefficient (Wildman–Crippen LogP) is 5.54. The molecule has 1 fully saturated rings. The lowest BCUT2D eigenvalue weighted by Gasteiger charge is -2.14. The molecule has 37 heavy (non-hydrogen) atoms. The van der Waals surface area contributed by atoms with Crippen LogP contribution in [0.15, 0.2) is 76.5 Å². The Morgan fingerprint density at radius 1 is 1.00 bits per heavy atom. The number of aryl methyl sites for hydroxylation is 1. The van der Waals surface area contributed by atoms with Crippen molar-refractivity contribution in [1.29, 1.82) is 0 Å². The Hall–Kier alpha value is -3.47. The smallest absolute Gasteiger partial charge is 0.339 e. The normalized spacial score (nSPS) is 14.8. The number of nitrogens with zero attached hydrogens (tertiary/aromatic N) is 1. The number of para-hydroxylation sites is 1. The van der Waals surface area contributed by atoms with Crippen LogP contribution in [0.4, 0.5) is 4.79 Å². The summed E-state index contributed by atoms with van der Waals surface area (Å²) in [4.78, 5) is 26.6. The van der Waals surface area contributed by atoms with Gasteiger partial charge in [0.05, 0.1) is 18.6 Å². The Kier molecular flexibility index (Phi) is 8.11. The van der Waals surface area contributed by atoms with Crippen molar-refractivity contribution in [3.8, 4) is 17.2 Å². The molecule has 0 radical (unpaired) electrons. The summed E-state index contributed by atoms with van der Waals surface area (Å²) < 4.78 is 42.2. The number of methoxy groups -OCH3 is 1. The van der Waals surface area contributed by atoms with Crippen LogP contribution in [0, 0.1) is 6.92 Å². The highest BCUT2D eigenvalue weighted by Crippen LogP contribution is 2.38. The van der Waals surface area contributed by atoms with Crippen LogP contribution in [0.1, 0.15) is 11.1 Å². The van der Waals surface area contributed by atoms with E-state index in [2.05, 4.69) is 0 Å². The minimum atomic E-state index is -4.20. The van der Waals surface area contributed by atoms with Crippen molar-refractivity contribution in [3.63, 3.8) is 0 Å². The van der Waals surface area contributed by atoms with Crippen molar-refractivity contribution in [2.24, 2.45) is 0 Å². The van der Waals surface area contributed by atoms with E-state index in [4.69, 9.17) is 25.3 Å².